The van der Waals surface area contributed by atoms with Crippen LogP contribution in [0.4, 0.5) is 10.1 Å². The fraction of sp³-hybridized carbons (Fsp3) is 0.103. The van der Waals surface area contributed by atoms with Crippen molar-refractivity contribution in [3.63, 3.8) is 0 Å². The number of aryl methyl sites for hydroxylation is 2. The molecule has 0 aromatic heterocycles. The van der Waals surface area contributed by atoms with Gasteiger partial charge in [-0.1, -0.05) is 77.9 Å². The van der Waals surface area contributed by atoms with E-state index in [1.165, 1.54) is 23.3 Å². The number of benzene rings is 4. The molecule has 162 valence electrons. The van der Waals surface area contributed by atoms with E-state index in [0.717, 1.165) is 27.5 Å². The van der Waals surface area contributed by atoms with E-state index < -0.39 is 11.7 Å². The maximum Gasteiger partial charge on any atom is 0.266 e. The molecule has 0 bridgehead atoms. The Morgan fingerprint density at radius 2 is 1.67 bits per heavy atom. The standard InChI is InChI=1S/C29H23FN2O/c1-19-13-20(2)15-21(14-19)16-23-12-11-22-7-3-4-8-25(22)26(23)17-24(18-31)29(33)32-28-10-6-5-9-27(28)30/h3-15,17H,16H2,1-2H3,(H,32,33)/b24-17+. The Morgan fingerprint density at radius 1 is 0.970 bits per heavy atom. The number of carbonyl (C=O) groups excluding carboxylic acids is 1. The highest BCUT2D eigenvalue weighted by Crippen LogP contribution is 2.28. The Hall–Kier alpha value is -4.23. The van der Waals surface area contributed by atoms with Crippen LogP contribution in [0.15, 0.2) is 84.4 Å². The Bertz CT molecular complexity index is 1410. The molecule has 0 aliphatic heterocycles. The molecule has 0 radical (unpaired) electrons. The van der Waals surface area contributed by atoms with Crippen LogP contribution in [-0.4, -0.2) is 5.91 Å². The summed E-state index contributed by atoms with van der Waals surface area (Å²) in [7, 11) is 0. The lowest BCUT2D eigenvalue weighted by atomic mass is 9.92. The SMILES string of the molecule is Cc1cc(C)cc(Cc2ccc3ccccc3c2/C=C(\C#N)C(=O)Nc2ccccc2F)c1. The summed E-state index contributed by atoms with van der Waals surface area (Å²) >= 11 is 0. The molecule has 0 aliphatic carbocycles. The van der Waals surface area contributed by atoms with Crippen molar-refractivity contribution in [1.29, 1.82) is 5.26 Å². The van der Waals surface area contributed by atoms with Gasteiger partial charge in [0.25, 0.3) is 5.91 Å². The topological polar surface area (TPSA) is 52.9 Å². The molecule has 0 unspecified atom stereocenters. The molecule has 0 heterocycles. The minimum Gasteiger partial charge on any atom is -0.319 e. The van der Waals surface area contributed by atoms with Crippen molar-refractivity contribution >= 4 is 28.4 Å². The number of fused-ring (bicyclic) bond motifs is 1. The molecule has 3 nitrogen and oxygen atoms in total. The van der Waals surface area contributed by atoms with Crippen LogP contribution in [-0.2, 0) is 11.2 Å². The predicted octanol–water partition coefficient (Wildman–Crippen LogP) is 6.73. The normalized spacial score (nSPS) is 11.3. The minimum absolute atomic E-state index is 0.0389. The van der Waals surface area contributed by atoms with E-state index in [0.29, 0.717) is 6.42 Å². The third-order valence-electron chi connectivity index (χ3n) is 5.51. The number of hydrogen-bond acceptors (Lipinski definition) is 2. The van der Waals surface area contributed by atoms with E-state index in [1.807, 2.05) is 36.4 Å². The molecule has 0 atom stereocenters. The molecule has 0 aliphatic rings. The highest BCUT2D eigenvalue weighted by Gasteiger charge is 2.15. The smallest absolute Gasteiger partial charge is 0.266 e. The molecule has 1 N–H and O–H groups in total. The number of halogens is 1. The van der Waals surface area contributed by atoms with Gasteiger partial charge in [-0.2, -0.15) is 5.26 Å². The Balaban J connectivity index is 1.79. The number of hydrogen-bond donors (Lipinski definition) is 1. The van der Waals surface area contributed by atoms with Gasteiger partial charge in [0.1, 0.15) is 17.5 Å². The lowest BCUT2D eigenvalue weighted by Gasteiger charge is -2.13. The number of nitrogens with one attached hydrogen (secondary N) is 1. The third kappa shape index (κ3) is 4.99. The number of amides is 1. The van der Waals surface area contributed by atoms with Crippen molar-refractivity contribution in [2.24, 2.45) is 0 Å². The van der Waals surface area contributed by atoms with E-state index in [1.54, 1.807) is 18.2 Å². The van der Waals surface area contributed by atoms with Crippen molar-refractivity contribution in [1.82, 2.24) is 0 Å². The van der Waals surface area contributed by atoms with Gasteiger partial charge in [0.2, 0.25) is 0 Å². The van der Waals surface area contributed by atoms with E-state index >= 15 is 0 Å². The second kappa shape index (κ2) is 9.50. The first-order valence-electron chi connectivity index (χ1n) is 10.7. The summed E-state index contributed by atoms with van der Waals surface area (Å²) in [5.74, 6) is -1.20. The maximum absolute atomic E-state index is 14.0. The van der Waals surface area contributed by atoms with Crippen molar-refractivity contribution in [2.45, 2.75) is 20.3 Å². The Morgan fingerprint density at radius 3 is 2.39 bits per heavy atom. The number of anilines is 1. The first-order valence-corrected chi connectivity index (χ1v) is 10.7. The van der Waals surface area contributed by atoms with Gasteiger partial charge < -0.3 is 5.32 Å². The Labute approximate surface area is 192 Å². The van der Waals surface area contributed by atoms with Crippen LogP contribution in [0, 0.1) is 31.0 Å². The number of nitriles is 1. The number of nitrogens with zero attached hydrogens (tertiary/aromatic N) is 1. The summed E-state index contributed by atoms with van der Waals surface area (Å²) in [6.45, 7) is 4.14. The number of carbonyl (C=O) groups is 1. The fourth-order valence-electron chi connectivity index (χ4n) is 4.10. The first-order chi connectivity index (χ1) is 15.9. The zero-order valence-electron chi connectivity index (χ0n) is 18.5. The average molecular weight is 435 g/mol. The summed E-state index contributed by atoms with van der Waals surface area (Å²) in [4.78, 5) is 12.8. The van der Waals surface area contributed by atoms with Gasteiger partial charge in [0.05, 0.1) is 5.69 Å². The molecule has 33 heavy (non-hydrogen) atoms. The lowest BCUT2D eigenvalue weighted by Crippen LogP contribution is -2.14. The lowest BCUT2D eigenvalue weighted by molar-refractivity contribution is -0.112. The van der Waals surface area contributed by atoms with Gasteiger partial charge in [0, 0.05) is 0 Å². The molecule has 4 aromatic carbocycles. The quantitative estimate of drug-likeness (QED) is 0.280. The van der Waals surface area contributed by atoms with Crippen LogP contribution in [0.25, 0.3) is 16.8 Å². The average Bonchev–Trinajstić information content (AvgIpc) is 2.79. The van der Waals surface area contributed by atoms with Gasteiger partial charge in [0.15, 0.2) is 0 Å². The highest BCUT2D eigenvalue weighted by atomic mass is 19.1. The molecule has 0 saturated carbocycles. The van der Waals surface area contributed by atoms with Crippen LogP contribution < -0.4 is 5.32 Å². The third-order valence-corrected chi connectivity index (χ3v) is 5.51. The molecule has 4 heteroatoms. The largest absolute Gasteiger partial charge is 0.319 e. The predicted molar refractivity (Wildman–Crippen MR) is 131 cm³/mol. The van der Waals surface area contributed by atoms with Crippen molar-refractivity contribution < 1.29 is 9.18 Å². The zero-order chi connectivity index (χ0) is 23.4. The van der Waals surface area contributed by atoms with Crippen molar-refractivity contribution in [3.05, 3.63) is 118 Å². The summed E-state index contributed by atoms with van der Waals surface area (Å²) < 4.78 is 14.0. The molecule has 4 aromatic rings. The van der Waals surface area contributed by atoms with Gasteiger partial charge in [-0.25, -0.2) is 4.39 Å². The number of rotatable bonds is 5. The van der Waals surface area contributed by atoms with Crippen LogP contribution >= 0.6 is 0 Å². The second-order valence-corrected chi connectivity index (χ2v) is 8.14. The summed E-state index contributed by atoms with van der Waals surface area (Å²) in [5, 5.41) is 14.2. The van der Waals surface area contributed by atoms with Gasteiger partial charge in [-0.05, 0) is 65.9 Å². The van der Waals surface area contributed by atoms with Gasteiger partial charge >= 0.3 is 0 Å². The van der Waals surface area contributed by atoms with E-state index in [4.69, 9.17) is 0 Å². The summed E-state index contributed by atoms with van der Waals surface area (Å²) in [5.41, 5.74) is 5.30. The molecule has 0 spiro atoms. The molecule has 4 rings (SSSR count). The van der Waals surface area contributed by atoms with Gasteiger partial charge in [-0.15, -0.1) is 0 Å². The van der Waals surface area contributed by atoms with E-state index in [-0.39, 0.29) is 11.3 Å². The molecular weight excluding hydrogens is 411 g/mol. The molecule has 0 fully saturated rings. The van der Waals surface area contributed by atoms with Crippen LogP contribution in [0.3, 0.4) is 0 Å². The highest BCUT2D eigenvalue weighted by molar-refractivity contribution is 6.11. The van der Waals surface area contributed by atoms with E-state index in [2.05, 4.69) is 43.4 Å². The zero-order valence-corrected chi connectivity index (χ0v) is 18.5. The first kappa shape index (κ1) is 22.0. The number of para-hydroxylation sites is 1. The van der Waals surface area contributed by atoms with Crippen LogP contribution in [0.5, 0.6) is 0 Å². The van der Waals surface area contributed by atoms with Crippen LogP contribution in [0.1, 0.15) is 27.8 Å². The molecular formula is C29H23FN2O. The maximum atomic E-state index is 14.0. The van der Waals surface area contributed by atoms with Crippen molar-refractivity contribution in [2.75, 3.05) is 5.32 Å². The second-order valence-electron chi connectivity index (χ2n) is 8.14. The molecule has 0 saturated heterocycles. The minimum atomic E-state index is -0.645. The van der Waals surface area contributed by atoms with Crippen LogP contribution in [0.2, 0.25) is 0 Å². The molecule has 1 amide bonds. The monoisotopic (exact) mass is 434 g/mol. The summed E-state index contributed by atoms with van der Waals surface area (Å²) in [6.07, 6.45) is 2.27. The summed E-state index contributed by atoms with van der Waals surface area (Å²) in [6, 6.07) is 26.3. The fourth-order valence-corrected chi connectivity index (χ4v) is 4.10. The Kier molecular flexibility index (Phi) is 6.33. The van der Waals surface area contributed by atoms with Crippen molar-refractivity contribution in [3.8, 4) is 6.07 Å². The van der Waals surface area contributed by atoms with E-state index in [9.17, 15) is 14.4 Å². The van der Waals surface area contributed by atoms with Gasteiger partial charge in [-0.3, -0.25) is 4.79 Å².